The Labute approximate surface area is 132 Å². The Hall–Kier alpha value is -1.97. The molecule has 4 nitrogen and oxygen atoms in total. The van der Waals surface area contributed by atoms with Gasteiger partial charge < -0.3 is 14.7 Å². The molecular formula is C18H25NO3. The highest BCUT2D eigenvalue weighted by Crippen LogP contribution is 2.23. The highest BCUT2D eigenvalue weighted by atomic mass is 16.6. The molecule has 1 N–H and O–H groups in total. The smallest absolute Gasteiger partial charge is 0.410 e. The van der Waals surface area contributed by atoms with Crippen LogP contribution in [0.2, 0.25) is 0 Å². The van der Waals surface area contributed by atoms with Gasteiger partial charge in [0, 0.05) is 13.1 Å². The average Bonchev–Trinajstić information content (AvgIpc) is 2.58. The Morgan fingerprint density at radius 2 is 2.00 bits per heavy atom. The van der Waals surface area contributed by atoms with Crippen molar-refractivity contribution in [3.05, 3.63) is 48.2 Å². The van der Waals surface area contributed by atoms with Crippen LogP contribution in [0.1, 0.15) is 37.7 Å². The quantitative estimate of drug-likeness (QED) is 0.630. The lowest BCUT2D eigenvalue weighted by Crippen LogP contribution is -2.38. The van der Waals surface area contributed by atoms with Crippen LogP contribution < -0.4 is 0 Å². The van der Waals surface area contributed by atoms with Gasteiger partial charge in [0.05, 0.1) is 6.26 Å². The minimum absolute atomic E-state index is 0.203. The number of unbranched alkanes of at least 4 members (excludes halogenated alkanes) is 1. The van der Waals surface area contributed by atoms with E-state index in [1.807, 2.05) is 35.2 Å². The molecule has 1 aliphatic heterocycles. The van der Waals surface area contributed by atoms with Crippen LogP contribution in [0.4, 0.5) is 4.79 Å². The molecule has 2 rings (SSSR count). The maximum atomic E-state index is 12.0. The summed E-state index contributed by atoms with van der Waals surface area (Å²) in [7, 11) is 0. The minimum atomic E-state index is -0.203. The lowest BCUT2D eigenvalue weighted by atomic mass is 9.92. The van der Waals surface area contributed by atoms with Gasteiger partial charge in [-0.15, -0.1) is 0 Å². The molecule has 0 atom stereocenters. The van der Waals surface area contributed by atoms with E-state index < -0.39 is 0 Å². The van der Waals surface area contributed by atoms with Gasteiger partial charge in [-0.1, -0.05) is 42.8 Å². The lowest BCUT2D eigenvalue weighted by Gasteiger charge is -2.31. The molecule has 0 saturated carbocycles. The summed E-state index contributed by atoms with van der Waals surface area (Å²) in [6.45, 7) is 1.91. The van der Waals surface area contributed by atoms with E-state index in [1.165, 1.54) is 0 Å². The fraction of sp³-hybridized carbons (Fsp3) is 0.500. The summed E-state index contributed by atoms with van der Waals surface area (Å²) >= 11 is 0. The van der Waals surface area contributed by atoms with Gasteiger partial charge in [0.2, 0.25) is 0 Å². The van der Waals surface area contributed by atoms with Gasteiger partial charge in [-0.25, -0.2) is 4.79 Å². The van der Waals surface area contributed by atoms with E-state index in [-0.39, 0.29) is 6.09 Å². The number of allylic oxidation sites excluding steroid dienone is 1. The van der Waals surface area contributed by atoms with Crippen LogP contribution in [0.15, 0.2) is 42.7 Å². The minimum Gasteiger partial charge on any atom is -0.516 e. The van der Waals surface area contributed by atoms with Crippen molar-refractivity contribution >= 4 is 6.09 Å². The molecule has 0 radical (unpaired) electrons. The molecule has 1 fully saturated rings. The van der Waals surface area contributed by atoms with Crippen molar-refractivity contribution < 1.29 is 14.6 Å². The van der Waals surface area contributed by atoms with Gasteiger partial charge in [0.15, 0.2) is 0 Å². The lowest BCUT2D eigenvalue weighted by molar-refractivity contribution is 0.0814. The van der Waals surface area contributed by atoms with Gasteiger partial charge in [-0.3, -0.25) is 0 Å². The van der Waals surface area contributed by atoms with Crippen molar-refractivity contribution in [1.29, 1.82) is 0 Å². The first-order valence-electron chi connectivity index (χ1n) is 8.04. The number of piperidine rings is 1. The highest BCUT2D eigenvalue weighted by molar-refractivity contribution is 5.67. The Kier molecular flexibility index (Phi) is 6.81. The Morgan fingerprint density at radius 1 is 1.27 bits per heavy atom. The van der Waals surface area contributed by atoms with Crippen molar-refractivity contribution in [2.24, 2.45) is 5.92 Å². The molecule has 0 aromatic heterocycles. The number of aliphatic hydroxyl groups is 1. The predicted molar refractivity (Wildman–Crippen MR) is 86.5 cm³/mol. The van der Waals surface area contributed by atoms with Gasteiger partial charge in [0.25, 0.3) is 0 Å². The third-order valence-electron chi connectivity index (χ3n) is 4.17. The second-order valence-electron chi connectivity index (χ2n) is 5.79. The van der Waals surface area contributed by atoms with Gasteiger partial charge in [0.1, 0.15) is 6.61 Å². The Balaban J connectivity index is 1.64. The number of carbonyl (C=O) groups is 1. The molecular weight excluding hydrogens is 278 g/mol. The third-order valence-corrected chi connectivity index (χ3v) is 4.17. The molecule has 1 aromatic rings. The topological polar surface area (TPSA) is 49.8 Å². The molecule has 0 aliphatic carbocycles. The molecule has 0 spiro atoms. The molecule has 1 saturated heterocycles. The first-order valence-corrected chi connectivity index (χ1v) is 8.04. The highest BCUT2D eigenvalue weighted by Gasteiger charge is 2.23. The van der Waals surface area contributed by atoms with Crippen LogP contribution in [0, 0.1) is 5.92 Å². The number of benzene rings is 1. The zero-order valence-electron chi connectivity index (χ0n) is 13.0. The number of hydrogen-bond donors (Lipinski definition) is 1. The summed E-state index contributed by atoms with van der Waals surface area (Å²) < 4.78 is 5.37. The van der Waals surface area contributed by atoms with Gasteiger partial charge >= 0.3 is 6.09 Å². The molecule has 22 heavy (non-hydrogen) atoms. The first-order chi connectivity index (χ1) is 10.8. The fourth-order valence-electron chi connectivity index (χ4n) is 2.81. The molecule has 1 aromatic carbocycles. The zero-order chi connectivity index (χ0) is 15.6. The van der Waals surface area contributed by atoms with E-state index >= 15 is 0 Å². The largest absolute Gasteiger partial charge is 0.516 e. The van der Waals surface area contributed by atoms with Crippen LogP contribution in [-0.4, -0.2) is 29.2 Å². The van der Waals surface area contributed by atoms with Crippen molar-refractivity contribution in [3.8, 4) is 0 Å². The van der Waals surface area contributed by atoms with E-state index in [0.29, 0.717) is 12.5 Å². The number of rotatable bonds is 6. The van der Waals surface area contributed by atoms with Crippen molar-refractivity contribution in [1.82, 2.24) is 4.90 Å². The third kappa shape index (κ3) is 5.43. The van der Waals surface area contributed by atoms with Crippen molar-refractivity contribution in [3.63, 3.8) is 0 Å². The SMILES string of the molecule is O=C(OCc1ccccc1)N1CCC(CCCC=CO)CC1. The summed E-state index contributed by atoms with van der Waals surface area (Å²) in [6, 6.07) is 9.76. The van der Waals surface area contributed by atoms with Crippen LogP contribution >= 0.6 is 0 Å². The second kappa shape index (κ2) is 9.13. The van der Waals surface area contributed by atoms with Crippen LogP contribution in [0.25, 0.3) is 0 Å². The van der Waals surface area contributed by atoms with Gasteiger partial charge in [-0.05, 0) is 37.2 Å². The Bertz CT molecular complexity index is 464. The molecule has 1 aliphatic rings. The van der Waals surface area contributed by atoms with Crippen LogP contribution in [-0.2, 0) is 11.3 Å². The summed E-state index contributed by atoms with van der Waals surface area (Å²) in [6.07, 6.45) is 7.98. The Morgan fingerprint density at radius 3 is 2.68 bits per heavy atom. The molecule has 0 bridgehead atoms. The summed E-state index contributed by atoms with van der Waals surface area (Å²) in [5.74, 6) is 0.685. The zero-order valence-corrected chi connectivity index (χ0v) is 13.0. The van der Waals surface area contributed by atoms with E-state index in [9.17, 15) is 4.79 Å². The fourth-order valence-corrected chi connectivity index (χ4v) is 2.81. The maximum Gasteiger partial charge on any atom is 0.410 e. The molecule has 4 heteroatoms. The number of aliphatic hydroxyl groups excluding tert-OH is 1. The number of likely N-dealkylation sites (tertiary alicyclic amines) is 1. The summed E-state index contributed by atoms with van der Waals surface area (Å²) in [5, 5.41) is 8.59. The van der Waals surface area contributed by atoms with E-state index in [2.05, 4.69) is 0 Å². The van der Waals surface area contributed by atoms with Crippen molar-refractivity contribution in [2.45, 2.75) is 38.7 Å². The second-order valence-corrected chi connectivity index (χ2v) is 5.79. The number of amides is 1. The monoisotopic (exact) mass is 303 g/mol. The maximum absolute atomic E-state index is 12.0. The van der Waals surface area contributed by atoms with E-state index in [0.717, 1.165) is 57.0 Å². The predicted octanol–water partition coefficient (Wildman–Crippen LogP) is 4.28. The van der Waals surface area contributed by atoms with E-state index in [1.54, 1.807) is 6.08 Å². The molecule has 1 heterocycles. The number of carbonyl (C=O) groups excluding carboxylic acids is 1. The number of nitrogens with zero attached hydrogens (tertiary/aromatic N) is 1. The molecule has 1 amide bonds. The van der Waals surface area contributed by atoms with Crippen LogP contribution in [0.5, 0.6) is 0 Å². The summed E-state index contributed by atoms with van der Waals surface area (Å²) in [4.78, 5) is 13.9. The number of ether oxygens (including phenoxy) is 1. The molecule has 120 valence electrons. The molecule has 0 unspecified atom stereocenters. The van der Waals surface area contributed by atoms with Crippen molar-refractivity contribution in [2.75, 3.05) is 13.1 Å². The van der Waals surface area contributed by atoms with Gasteiger partial charge in [-0.2, -0.15) is 0 Å². The van der Waals surface area contributed by atoms with E-state index in [4.69, 9.17) is 9.84 Å². The standard InChI is InChI=1S/C18H25NO3/c20-14-6-2-5-7-16-10-12-19(13-11-16)18(21)22-15-17-8-3-1-4-9-17/h1,3-4,6,8-9,14,16,20H,2,5,7,10-13,15H2. The first kappa shape index (κ1) is 16.4. The summed E-state index contributed by atoms with van der Waals surface area (Å²) in [5.41, 5.74) is 1.02. The average molecular weight is 303 g/mol. The van der Waals surface area contributed by atoms with Crippen LogP contribution in [0.3, 0.4) is 0 Å². The normalized spacial score (nSPS) is 16.1. The number of hydrogen-bond acceptors (Lipinski definition) is 3.